The monoisotopic (exact) mass is 434 g/mol. The molecule has 32 heavy (non-hydrogen) atoms. The Morgan fingerprint density at radius 2 is 1.31 bits per heavy atom. The van der Waals surface area contributed by atoms with Gasteiger partial charge in [-0.15, -0.1) is 0 Å². The van der Waals surface area contributed by atoms with Gasteiger partial charge in [0.25, 0.3) is 0 Å². The summed E-state index contributed by atoms with van der Waals surface area (Å²) in [4.78, 5) is 9.89. The van der Waals surface area contributed by atoms with Gasteiger partial charge in [0.1, 0.15) is 0 Å². The van der Waals surface area contributed by atoms with E-state index in [1.807, 2.05) is 6.21 Å². The minimum absolute atomic E-state index is 0.875. The van der Waals surface area contributed by atoms with Gasteiger partial charge in [-0.3, -0.25) is 4.99 Å². The number of aliphatic imine (C=N–C) groups is 2. The number of hydrogen-bond donors (Lipinski definition) is 2. The van der Waals surface area contributed by atoms with Gasteiger partial charge in [-0.05, 0) is 75.9 Å². The summed E-state index contributed by atoms with van der Waals surface area (Å²) in [6.07, 6.45) is 10.5. The molecule has 0 aliphatic carbocycles. The van der Waals surface area contributed by atoms with Gasteiger partial charge >= 0.3 is 0 Å². The third-order valence-corrected chi connectivity index (χ3v) is 5.44. The average Bonchev–Trinajstić information content (AvgIpc) is 2.77. The molecular weight excluding hydrogens is 392 g/mol. The Morgan fingerprint density at radius 3 is 1.94 bits per heavy atom. The number of nitrogens with zero attached hydrogens (tertiary/aromatic N) is 2. The lowest BCUT2D eigenvalue weighted by Crippen LogP contribution is -2.03. The maximum atomic E-state index is 5.04. The van der Waals surface area contributed by atoms with Gasteiger partial charge < -0.3 is 10.6 Å². The molecule has 2 aromatic carbocycles. The largest absolute Gasteiger partial charge is 0.384 e. The van der Waals surface area contributed by atoms with Gasteiger partial charge in [-0.2, -0.15) is 0 Å². The van der Waals surface area contributed by atoms with Crippen LogP contribution in [0.15, 0.2) is 46.4 Å². The fourth-order valence-electron chi connectivity index (χ4n) is 3.71. The first kappa shape index (κ1) is 25.6. The second-order valence-electron chi connectivity index (χ2n) is 8.48. The van der Waals surface area contributed by atoms with Crippen LogP contribution in [-0.2, 0) is 0 Å². The Labute approximate surface area is 195 Å². The predicted octanol–water partition coefficient (Wildman–Crippen LogP) is 8.39. The minimum Gasteiger partial charge on any atom is -0.384 e. The van der Waals surface area contributed by atoms with Crippen LogP contribution in [0.25, 0.3) is 0 Å². The molecule has 0 fully saturated rings. The van der Waals surface area contributed by atoms with Gasteiger partial charge in [-0.25, -0.2) is 4.99 Å². The highest BCUT2D eigenvalue weighted by Gasteiger charge is 2.05. The van der Waals surface area contributed by atoms with Crippen LogP contribution in [0, 0.1) is 13.8 Å². The van der Waals surface area contributed by atoms with E-state index in [2.05, 4.69) is 81.7 Å². The zero-order chi connectivity index (χ0) is 23.2. The van der Waals surface area contributed by atoms with Gasteiger partial charge in [0.05, 0.1) is 28.5 Å². The molecule has 4 nitrogen and oxygen atoms in total. The number of aryl methyl sites for hydroxylation is 2. The lowest BCUT2D eigenvalue weighted by atomic mass is 10.1. The van der Waals surface area contributed by atoms with Crippen molar-refractivity contribution in [1.82, 2.24) is 0 Å². The van der Waals surface area contributed by atoms with Crippen LogP contribution in [0.3, 0.4) is 0 Å². The van der Waals surface area contributed by atoms with Crippen molar-refractivity contribution in [2.24, 2.45) is 9.98 Å². The van der Waals surface area contributed by atoms with Crippen LogP contribution in [0.2, 0.25) is 0 Å². The number of nitrogens with one attached hydrogen (secondary N) is 2. The first-order valence-electron chi connectivity index (χ1n) is 12.4. The molecule has 174 valence electrons. The van der Waals surface area contributed by atoms with Crippen LogP contribution in [0.1, 0.15) is 76.8 Å². The summed E-state index contributed by atoms with van der Waals surface area (Å²) in [6, 6.07) is 12.8. The summed E-state index contributed by atoms with van der Waals surface area (Å²) in [7, 11) is 0. The molecule has 2 rings (SSSR count). The topological polar surface area (TPSA) is 48.8 Å². The lowest BCUT2D eigenvalue weighted by Gasteiger charge is -2.11. The Morgan fingerprint density at radius 1 is 0.750 bits per heavy atom. The quantitative estimate of drug-likeness (QED) is 0.232. The predicted molar refractivity (Wildman–Crippen MR) is 144 cm³/mol. The lowest BCUT2D eigenvalue weighted by molar-refractivity contribution is 0.616. The van der Waals surface area contributed by atoms with Crippen LogP contribution in [-0.4, -0.2) is 25.0 Å². The maximum Gasteiger partial charge on any atom is 0.0865 e. The molecule has 0 saturated carbocycles. The molecule has 0 heterocycles. The molecule has 2 aromatic rings. The van der Waals surface area contributed by atoms with E-state index in [9.17, 15) is 0 Å². The number of unbranched alkanes of at least 4 members (excludes halogenated alkanes) is 5. The van der Waals surface area contributed by atoms with Gasteiger partial charge in [0.15, 0.2) is 0 Å². The molecule has 0 amide bonds. The molecule has 0 spiro atoms. The third-order valence-electron chi connectivity index (χ3n) is 5.44. The SMILES string of the molecule is CCCCCCCCC(C=Nc1ccc(C)cc1NCC)=Nc1ccc(C)cc1NCC. The molecule has 4 heteroatoms. The van der Waals surface area contributed by atoms with Crippen molar-refractivity contribution < 1.29 is 0 Å². The van der Waals surface area contributed by atoms with E-state index in [0.29, 0.717) is 0 Å². The molecule has 0 saturated heterocycles. The highest BCUT2D eigenvalue weighted by atomic mass is 14.9. The molecule has 0 unspecified atom stereocenters. The Kier molecular flexibility index (Phi) is 11.6. The van der Waals surface area contributed by atoms with Crippen molar-refractivity contribution >= 4 is 34.7 Å². The van der Waals surface area contributed by atoms with E-state index in [-0.39, 0.29) is 0 Å². The molecule has 2 N–H and O–H groups in total. The highest BCUT2D eigenvalue weighted by molar-refractivity contribution is 6.32. The minimum atomic E-state index is 0.875. The zero-order valence-electron chi connectivity index (χ0n) is 20.8. The normalized spacial score (nSPS) is 11.8. The first-order valence-corrected chi connectivity index (χ1v) is 12.4. The molecule has 0 atom stereocenters. The van der Waals surface area contributed by atoms with Crippen molar-refractivity contribution in [1.29, 1.82) is 0 Å². The van der Waals surface area contributed by atoms with Crippen molar-refractivity contribution in [2.45, 2.75) is 79.6 Å². The highest BCUT2D eigenvalue weighted by Crippen LogP contribution is 2.28. The number of hydrogen-bond acceptors (Lipinski definition) is 4. The molecule has 0 aliphatic heterocycles. The summed E-state index contributed by atoms with van der Waals surface area (Å²) < 4.78 is 0. The molecule has 0 radical (unpaired) electrons. The fourth-order valence-corrected chi connectivity index (χ4v) is 3.71. The third kappa shape index (κ3) is 8.86. The summed E-state index contributed by atoms with van der Waals surface area (Å²) in [5.74, 6) is 0. The second-order valence-corrected chi connectivity index (χ2v) is 8.48. The van der Waals surface area contributed by atoms with Crippen molar-refractivity contribution in [3.8, 4) is 0 Å². The first-order chi connectivity index (χ1) is 15.6. The standard InChI is InChI=1S/C28H42N4/c1-6-9-10-11-12-13-14-24(32-26-18-16-23(5)20-28(26)30-8-3)21-31-25-17-15-22(4)19-27(25)29-7-2/h15-21,29-30H,6-14H2,1-5H3. The second kappa shape index (κ2) is 14.4. The van der Waals surface area contributed by atoms with Crippen LogP contribution >= 0.6 is 0 Å². The fraction of sp³-hybridized carbons (Fsp3) is 0.500. The van der Waals surface area contributed by atoms with Crippen molar-refractivity contribution in [3.63, 3.8) is 0 Å². The number of benzene rings is 2. The zero-order valence-corrected chi connectivity index (χ0v) is 20.8. The van der Waals surface area contributed by atoms with E-state index in [1.54, 1.807) is 0 Å². The van der Waals surface area contributed by atoms with Gasteiger partial charge in [0.2, 0.25) is 0 Å². The molecule has 0 bridgehead atoms. The molecule has 0 aromatic heterocycles. The summed E-state index contributed by atoms with van der Waals surface area (Å²) in [5, 5.41) is 6.89. The smallest absolute Gasteiger partial charge is 0.0865 e. The van der Waals surface area contributed by atoms with Crippen LogP contribution in [0.4, 0.5) is 22.7 Å². The van der Waals surface area contributed by atoms with Crippen LogP contribution in [0.5, 0.6) is 0 Å². The van der Waals surface area contributed by atoms with Crippen molar-refractivity contribution in [2.75, 3.05) is 23.7 Å². The van der Waals surface area contributed by atoms with Gasteiger partial charge in [-0.1, -0.05) is 51.2 Å². The Balaban J connectivity index is 2.27. The maximum absolute atomic E-state index is 5.04. The summed E-state index contributed by atoms with van der Waals surface area (Å²) in [5.41, 5.74) is 7.62. The average molecular weight is 435 g/mol. The van der Waals surface area contributed by atoms with E-state index >= 15 is 0 Å². The van der Waals surface area contributed by atoms with E-state index in [1.165, 1.54) is 43.2 Å². The molecule has 0 aliphatic rings. The summed E-state index contributed by atoms with van der Waals surface area (Å²) >= 11 is 0. The Bertz CT molecular complexity index is 883. The summed E-state index contributed by atoms with van der Waals surface area (Å²) in [6.45, 7) is 12.5. The number of rotatable bonds is 14. The van der Waals surface area contributed by atoms with Crippen molar-refractivity contribution in [3.05, 3.63) is 47.5 Å². The van der Waals surface area contributed by atoms with E-state index in [0.717, 1.165) is 54.4 Å². The van der Waals surface area contributed by atoms with Gasteiger partial charge in [0, 0.05) is 19.3 Å². The van der Waals surface area contributed by atoms with E-state index < -0.39 is 0 Å². The van der Waals surface area contributed by atoms with Crippen LogP contribution < -0.4 is 10.6 Å². The Hall–Kier alpha value is -2.62. The number of anilines is 2. The van der Waals surface area contributed by atoms with E-state index in [4.69, 9.17) is 9.98 Å². The molecular formula is C28H42N4.